The van der Waals surface area contributed by atoms with Crippen LogP contribution < -0.4 is 14.8 Å². The van der Waals surface area contributed by atoms with E-state index in [0.29, 0.717) is 5.69 Å². The number of anilines is 1. The number of halogens is 1. The number of hydrogen-bond acceptors (Lipinski definition) is 5. The fourth-order valence-corrected chi connectivity index (χ4v) is 4.35. The number of carbonyl (C=O) groups is 1. The Balaban J connectivity index is 2.03. The van der Waals surface area contributed by atoms with Gasteiger partial charge in [-0.2, -0.15) is 0 Å². The average molecular weight is 429 g/mol. The molecule has 0 saturated heterocycles. The van der Waals surface area contributed by atoms with E-state index in [1.54, 1.807) is 19.9 Å². The summed E-state index contributed by atoms with van der Waals surface area (Å²) in [4.78, 5) is 13.1. The minimum Gasteiger partial charge on any atom is -0.482 e. The summed E-state index contributed by atoms with van der Waals surface area (Å²) >= 11 is 7.63. The number of nitrogens with one attached hydrogen (secondary N) is 2. The van der Waals surface area contributed by atoms with Gasteiger partial charge >= 0.3 is 0 Å². The van der Waals surface area contributed by atoms with Crippen LogP contribution in [0.2, 0.25) is 5.02 Å². The van der Waals surface area contributed by atoms with Crippen molar-refractivity contribution in [1.82, 2.24) is 4.72 Å². The molecule has 2 aromatic rings. The van der Waals surface area contributed by atoms with Gasteiger partial charge in [0.15, 0.2) is 6.61 Å². The monoisotopic (exact) mass is 428 g/mol. The van der Waals surface area contributed by atoms with Crippen LogP contribution in [0.4, 0.5) is 5.69 Å². The van der Waals surface area contributed by atoms with Crippen LogP contribution in [0, 0.1) is 0 Å². The molecule has 0 bridgehead atoms. The van der Waals surface area contributed by atoms with Gasteiger partial charge in [-0.05, 0) is 50.4 Å². The van der Waals surface area contributed by atoms with Crippen LogP contribution in [0.15, 0.2) is 52.3 Å². The van der Waals surface area contributed by atoms with Gasteiger partial charge in [0.05, 0.1) is 15.6 Å². The fraction of sp³-hybridized carbons (Fsp3) is 0.278. The lowest BCUT2D eigenvalue weighted by molar-refractivity contribution is -0.118. The fourth-order valence-electron chi connectivity index (χ4n) is 2.22. The standard InChI is InChI=1S/C18H21ClN2O4S2/c1-12(2)21-27(23,24)13-8-9-16(14(19)10-13)25-11-18(22)20-15-6-4-5-7-17(15)26-3/h4-10,12,21H,11H2,1-3H3,(H,20,22). The lowest BCUT2D eigenvalue weighted by atomic mass is 10.3. The smallest absolute Gasteiger partial charge is 0.262 e. The number of amides is 1. The molecule has 0 radical (unpaired) electrons. The first-order valence-electron chi connectivity index (χ1n) is 8.10. The van der Waals surface area contributed by atoms with E-state index < -0.39 is 10.0 Å². The maximum atomic E-state index is 12.2. The normalized spacial score (nSPS) is 11.4. The third kappa shape index (κ3) is 6.14. The van der Waals surface area contributed by atoms with Gasteiger partial charge in [-0.1, -0.05) is 23.7 Å². The van der Waals surface area contributed by atoms with Crippen molar-refractivity contribution in [3.8, 4) is 5.75 Å². The summed E-state index contributed by atoms with van der Waals surface area (Å²) in [6.07, 6.45) is 1.92. The molecule has 9 heteroatoms. The molecule has 0 spiro atoms. The second-order valence-electron chi connectivity index (χ2n) is 5.91. The van der Waals surface area contributed by atoms with Crippen molar-refractivity contribution in [1.29, 1.82) is 0 Å². The van der Waals surface area contributed by atoms with Gasteiger partial charge in [0.25, 0.3) is 5.91 Å². The summed E-state index contributed by atoms with van der Waals surface area (Å²) < 4.78 is 32.2. The molecule has 2 rings (SSSR count). The highest BCUT2D eigenvalue weighted by Gasteiger charge is 2.17. The van der Waals surface area contributed by atoms with Gasteiger partial charge in [-0.3, -0.25) is 4.79 Å². The van der Waals surface area contributed by atoms with Crippen LogP contribution in [0.25, 0.3) is 0 Å². The van der Waals surface area contributed by atoms with Crippen LogP contribution in [-0.2, 0) is 14.8 Å². The van der Waals surface area contributed by atoms with Crippen molar-refractivity contribution in [3.63, 3.8) is 0 Å². The lowest BCUT2D eigenvalue weighted by Gasteiger charge is -2.13. The second kappa shape index (κ2) is 9.45. The Morgan fingerprint density at radius 3 is 2.56 bits per heavy atom. The van der Waals surface area contributed by atoms with Crippen molar-refractivity contribution in [3.05, 3.63) is 47.5 Å². The van der Waals surface area contributed by atoms with E-state index in [4.69, 9.17) is 16.3 Å². The van der Waals surface area contributed by atoms with Gasteiger partial charge in [0.2, 0.25) is 10.0 Å². The minimum absolute atomic E-state index is 0.0342. The molecule has 0 aromatic heterocycles. The van der Waals surface area contributed by atoms with Gasteiger partial charge in [0, 0.05) is 10.9 Å². The molecule has 0 fully saturated rings. The highest BCUT2D eigenvalue weighted by atomic mass is 35.5. The van der Waals surface area contributed by atoms with E-state index in [0.717, 1.165) is 4.90 Å². The average Bonchev–Trinajstić information content (AvgIpc) is 2.60. The molecule has 0 aliphatic carbocycles. The summed E-state index contributed by atoms with van der Waals surface area (Å²) in [6, 6.07) is 11.3. The largest absolute Gasteiger partial charge is 0.482 e. The van der Waals surface area contributed by atoms with E-state index in [9.17, 15) is 13.2 Å². The third-order valence-electron chi connectivity index (χ3n) is 3.34. The number of sulfonamides is 1. The first-order chi connectivity index (χ1) is 12.7. The quantitative estimate of drug-likeness (QED) is 0.625. The number of ether oxygens (including phenoxy) is 1. The molecule has 1 amide bonds. The Kier molecular flexibility index (Phi) is 7.55. The summed E-state index contributed by atoms with van der Waals surface area (Å²) in [5.41, 5.74) is 0.700. The van der Waals surface area contributed by atoms with Crippen molar-refractivity contribution >= 4 is 45.0 Å². The maximum Gasteiger partial charge on any atom is 0.262 e. The molecule has 2 aromatic carbocycles. The van der Waals surface area contributed by atoms with Gasteiger partial charge in [0.1, 0.15) is 5.75 Å². The van der Waals surface area contributed by atoms with E-state index in [2.05, 4.69) is 10.0 Å². The predicted molar refractivity (Wildman–Crippen MR) is 109 cm³/mol. The Labute approximate surface area is 168 Å². The Bertz CT molecular complexity index is 917. The molecule has 0 atom stereocenters. The van der Waals surface area contributed by atoms with Crippen molar-refractivity contribution in [2.24, 2.45) is 0 Å². The number of carbonyl (C=O) groups excluding carboxylic acids is 1. The lowest BCUT2D eigenvalue weighted by Crippen LogP contribution is -2.30. The van der Waals surface area contributed by atoms with Crippen molar-refractivity contribution in [2.75, 3.05) is 18.2 Å². The molecule has 0 aliphatic heterocycles. The zero-order valence-electron chi connectivity index (χ0n) is 15.2. The van der Waals surface area contributed by atoms with Gasteiger partial charge in [-0.15, -0.1) is 11.8 Å². The molecule has 6 nitrogen and oxygen atoms in total. The first kappa shape index (κ1) is 21.6. The van der Waals surface area contributed by atoms with Crippen LogP contribution in [0.1, 0.15) is 13.8 Å². The van der Waals surface area contributed by atoms with E-state index in [-0.39, 0.29) is 34.2 Å². The summed E-state index contributed by atoms with van der Waals surface area (Å²) in [5.74, 6) is -0.112. The molecule has 0 saturated carbocycles. The Morgan fingerprint density at radius 1 is 1.22 bits per heavy atom. The molecule has 0 heterocycles. The number of benzene rings is 2. The van der Waals surface area contributed by atoms with Crippen LogP contribution >= 0.6 is 23.4 Å². The molecular formula is C18H21ClN2O4S2. The maximum absolute atomic E-state index is 12.2. The first-order valence-corrected chi connectivity index (χ1v) is 11.2. The zero-order chi connectivity index (χ0) is 20.0. The molecular weight excluding hydrogens is 408 g/mol. The SMILES string of the molecule is CSc1ccccc1NC(=O)COc1ccc(S(=O)(=O)NC(C)C)cc1Cl. The Hall–Kier alpha value is -1.74. The number of para-hydroxylation sites is 1. The number of hydrogen-bond donors (Lipinski definition) is 2. The summed E-state index contributed by atoms with van der Waals surface area (Å²) in [7, 11) is -3.65. The third-order valence-corrected chi connectivity index (χ3v) is 6.09. The van der Waals surface area contributed by atoms with Crippen LogP contribution in [0.3, 0.4) is 0 Å². The van der Waals surface area contributed by atoms with Crippen LogP contribution in [-0.4, -0.2) is 33.2 Å². The summed E-state index contributed by atoms with van der Waals surface area (Å²) in [5, 5.41) is 2.88. The van der Waals surface area contributed by atoms with E-state index in [1.165, 1.54) is 30.0 Å². The highest BCUT2D eigenvalue weighted by Crippen LogP contribution is 2.28. The molecule has 0 aliphatic rings. The predicted octanol–water partition coefficient (Wildman–Crippen LogP) is 3.77. The molecule has 27 heavy (non-hydrogen) atoms. The Morgan fingerprint density at radius 2 is 1.93 bits per heavy atom. The molecule has 0 unspecified atom stereocenters. The number of thioether (sulfide) groups is 1. The highest BCUT2D eigenvalue weighted by molar-refractivity contribution is 7.98. The topological polar surface area (TPSA) is 84.5 Å². The second-order valence-corrected chi connectivity index (χ2v) is 8.87. The van der Waals surface area contributed by atoms with Gasteiger partial charge < -0.3 is 10.1 Å². The number of rotatable bonds is 8. The zero-order valence-corrected chi connectivity index (χ0v) is 17.5. The minimum atomic E-state index is -3.65. The van der Waals surface area contributed by atoms with Crippen molar-refractivity contribution < 1.29 is 17.9 Å². The molecule has 146 valence electrons. The van der Waals surface area contributed by atoms with Crippen molar-refractivity contribution in [2.45, 2.75) is 29.7 Å². The van der Waals surface area contributed by atoms with E-state index >= 15 is 0 Å². The summed E-state index contributed by atoms with van der Waals surface area (Å²) in [6.45, 7) is 3.20. The van der Waals surface area contributed by atoms with Gasteiger partial charge in [-0.25, -0.2) is 13.1 Å². The van der Waals surface area contributed by atoms with Crippen LogP contribution in [0.5, 0.6) is 5.75 Å². The molecule has 2 N–H and O–H groups in total. The van der Waals surface area contributed by atoms with E-state index in [1.807, 2.05) is 24.5 Å².